The molecule has 0 aliphatic heterocycles. The minimum atomic E-state index is -0.330. The molecule has 0 unspecified atom stereocenters. The second-order valence-electron chi connectivity index (χ2n) is 4.58. The van der Waals surface area contributed by atoms with Gasteiger partial charge in [0, 0.05) is 11.8 Å². The molecule has 20 heavy (non-hydrogen) atoms. The van der Waals surface area contributed by atoms with Crippen LogP contribution < -0.4 is 5.73 Å². The lowest BCUT2D eigenvalue weighted by Gasteiger charge is -2.07. The highest BCUT2D eigenvalue weighted by atomic mass is 79.9. The standard InChI is InChI=1S/C15H13BrFN3/c1-2-9-3-5-10(6-4-9)20-14-8-12(17)11(16)7-13(14)19-15(20)18/h3-8H,2H2,1H3,(H2,18,19). The van der Waals surface area contributed by atoms with Crippen molar-refractivity contribution in [3.05, 3.63) is 52.3 Å². The lowest BCUT2D eigenvalue weighted by atomic mass is 10.1. The maximum Gasteiger partial charge on any atom is 0.205 e. The number of anilines is 1. The number of hydrogen-bond acceptors (Lipinski definition) is 2. The maximum absolute atomic E-state index is 13.7. The van der Waals surface area contributed by atoms with E-state index in [1.54, 1.807) is 10.6 Å². The summed E-state index contributed by atoms with van der Waals surface area (Å²) in [5, 5.41) is 0. The summed E-state index contributed by atoms with van der Waals surface area (Å²) in [5.41, 5.74) is 9.41. The molecule has 0 atom stereocenters. The number of aryl methyl sites for hydroxylation is 1. The van der Waals surface area contributed by atoms with E-state index in [4.69, 9.17) is 5.73 Å². The van der Waals surface area contributed by atoms with E-state index < -0.39 is 0 Å². The van der Waals surface area contributed by atoms with Crippen LogP contribution in [0, 0.1) is 5.82 Å². The number of halogens is 2. The van der Waals surface area contributed by atoms with Gasteiger partial charge in [-0.1, -0.05) is 19.1 Å². The van der Waals surface area contributed by atoms with Crippen molar-refractivity contribution >= 4 is 32.9 Å². The van der Waals surface area contributed by atoms with Gasteiger partial charge in [-0.25, -0.2) is 9.37 Å². The molecule has 0 radical (unpaired) electrons. The highest BCUT2D eigenvalue weighted by Gasteiger charge is 2.12. The van der Waals surface area contributed by atoms with Crippen LogP contribution >= 0.6 is 15.9 Å². The molecule has 1 heterocycles. The van der Waals surface area contributed by atoms with Crippen LogP contribution in [0.1, 0.15) is 12.5 Å². The Morgan fingerprint density at radius 3 is 2.60 bits per heavy atom. The van der Waals surface area contributed by atoms with Crippen LogP contribution in [0.5, 0.6) is 0 Å². The van der Waals surface area contributed by atoms with Gasteiger partial charge in [0.2, 0.25) is 5.95 Å². The van der Waals surface area contributed by atoms with Crippen molar-refractivity contribution in [2.75, 3.05) is 5.73 Å². The predicted molar refractivity (Wildman–Crippen MR) is 82.5 cm³/mol. The third-order valence-electron chi connectivity index (χ3n) is 3.33. The van der Waals surface area contributed by atoms with Gasteiger partial charge in [0.25, 0.3) is 0 Å². The number of fused-ring (bicyclic) bond motifs is 1. The summed E-state index contributed by atoms with van der Waals surface area (Å²) in [6, 6.07) is 11.1. The summed E-state index contributed by atoms with van der Waals surface area (Å²) in [4.78, 5) is 4.28. The fourth-order valence-electron chi connectivity index (χ4n) is 2.24. The zero-order valence-corrected chi connectivity index (χ0v) is 12.5. The van der Waals surface area contributed by atoms with Gasteiger partial charge in [-0.2, -0.15) is 0 Å². The summed E-state index contributed by atoms with van der Waals surface area (Å²) in [6.45, 7) is 2.10. The number of nitrogens with zero attached hydrogens (tertiary/aromatic N) is 2. The van der Waals surface area contributed by atoms with E-state index in [1.807, 2.05) is 24.3 Å². The molecule has 2 N–H and O–H groups in total. The van der Waals surface area contributed by atoms with Crippen LogP contribution in [-0.2, 0) is 6.42 Å². The third kappa shape index (κ3) is 2.08. The summed E-state index contributed by atoms with van der Waals surface area (Å²) < 4.78 is 15.9. The van der Waals surface area contributed by atoms with Gasteiger partial charge >= 0.3 is 0 Å². The Labute approximate surface area is 124 Å². The van der Waals surface area contributed by atoms with Crippen molar-refractivity contribution in [3.63, 3.8) is 0 Å². The first-order valence-electron chi connectivity index (χ1n) is 6.32. The average Bonchev–Trinajstić information content (AvgIpc) is 2.75. The molecular weight excluding hydrogens is 321 g/mol. The molecule has 0 aliphatic rings. The second-order valence-corrected chi connectivity index (χ2v) is 5.43. The van der Waals surface area contributed by atoms with Crippen molar-refractivity contribution in [1.29, 1.82) is 0 Å². The SMILES string of the molecule is CCc1ccc(-n2c(N)nc3cc(Br)c(F)cc32)cc1. The van der Waals surface area contributed by atoms with Crippen molar-refractivity contribution in [2.45, 2.75) is 13.3 Å². The Hall–Kier alpha value is -1.88. The smallest absolute Gasteiger partial charge is 0.205 e. The molecular formula is C15H13BrFN3. The van der Waals surface area contributed by atoms with Gasteiger partial charge in [0.1, 0.15) is 5.82 Å². The summed E-state index contributed by atoms with van der Waals surface area (Å²) >= 11 is 3.16. The van der Waals surface area contributed by atoms with E-state index in [9.17, 15) is 4.39 Å². The van der Waals surface area contributed by atoms with Crippen LogP contribution in [-0.4, -0.2) is 9.55 Å². The van der Waals surface area contributed by atoms with E-state index in [2.05, 4.69) is 27.8 Å². The molecule has 5 heteroatoms. The molecule has 3 aromatic rings. The molecule has 0 saturated heterocycles. The number of nitrogen functional groups attached to an aromatic ring is 1. The lowest BCUT2D eigenvalue weighted by Crippen LogP contribution is -2.00. The number of aromatic nitrogens is 2. The number of nitrogens with two attached hydrogens (primary N) is 1. The van der Waals surface area contributed by atoms with Crippen molar-refractivity contribution in [2.24, 2.45) is 0 Å². The monoisotopic (exact) mass is 333 g/mol. The minimum Gasteiger partial charge on any atom is -0.369 e. The van der Waals surface area contributed by atoms with E-state index in [-0.39, 0.29) is 5.82 Å². The van der Waals surface area contributed by atoms with Crippen LogP contribution in [0.4, 0.5) is 10.3 Å². The molecule has 0 bridgehead atoms. The molecule has 0 saturated carbocycles. The van der Waals surface area contributed by atoms with Crippen molar-refractivity contribution in [1.82, 2.24) is 9.55 Å². The highest BCUT2D eigenvalue weighted by molar-refractivity contribution is 9.10. The lowest BCUT2D eigenvalue weighted by molar-refractivity contribution is 0.622. The molecule has 0 aliphatic carbocycles. The largest absolute Gasteiger partial charge is 0.369 e. The van der Waals surface area contributed by atoms with Gasteiger partial charge in [0.05, 0.1) is 15.5 Å². The Morgan fingerprint density at radius 2 is 1.95 bits per heavy atom. The van der Waals surface area contributed by atoms with Crippen LogP contribution in [0.15, 0.2) is 40.9 Å². The summed E-state index contributed by atoms with van der Waals surface area (Å²) in [5.74, 6) is 0.0191. The molecule has 3 nitrogen and oxygen atoms in total. The second kappa shape index (κ2) is 4.90. The molecule has 0 amide bonds. The molecule has 2 aromatic carbocycles. The van der Waals surface area contributed by atoms with Gasteiger partial charge in [-0.05, 0) is 46.1 Å². The normalized spacial score (nSPS) is 11.2. The first kappa shape index (κ1) is 13.1. The van der Waals surface area contributed by atoms with E-state index in [1.165, 1.54) is 11.6 Å². The van der Waals surface area contributed by atoms with E-state index in [0.29, 0.717) is 21.5 Å². The summed E-state index contributed by atoms with van der Waals surface area (Å²) in [6.07, 6.45) is 0.974. The topological polar surface area (TPSA) is 43.8 Å². The van der Waals surface area contributed by atoms with Crippen molar-refractivity contribution < 1.29 is 4.39 Å². The number of rotatable bonds is 2. The fourth-order valence-corrected chi connectivity index (χ4v) is 2.57. The Morgan fingerprint density at radius 1 is 1.25 bits per heavy atom. The molecule has 1 aromatic heterocycles. The van der Waals surface area contributed by atoms with Crippen LogP contribution in [0.25, 0.3) is 16.7 Å². The predicted octanol–water partition coefficient (Wildman–Crippen LogP) is 4.07. The zero-order valence-electron chi connectivity index (χ0n) is 10.9. The number of benzene rings is 2. The van der Waals surface area contributed by atoms with Crippen molar-refractivity contribution in [3.8, 4) is 5.69 Å². The molecule has 0 spiro atoms. The fraction of sp³-hybridized carbons (Fsp3) is 0.133. The van der Waals surface area contributed by atoms with E-state index >= 15 is 0 Å². The molecule has 0 fully saturated rings. The number of hydrogen-bond donors (Lipinski definition) is 1. The van der Waals surface area contributed by atoms with Gasteiger partial charge in [-0.15, -0.1) is 0 Å². The third-order valence-corrected chi connectivity index (χ3v) is 3.93. The minimum absolute atomic E-state index is 0.330. The summed E-state index contributed by atoms with van der Waals surface area (Å²) in [7, 11) is 0. The Bertz CT molecular complexity index is 778. The Balaban J connectivity index is 2.23. The zero-order chi connectivity index (χ0) is 14.3. The van der Waals surface area contributed by atoms with Gasteiger partial charge < -0.3 is 5.73 Å². The van der Waals surface area contributed by atoms with Crippen LogP contribution in [0.3, 0.4) is 0 Å². The average molecular weight is 334 g/mol. The Kier molecular flexibility index (Phi) is 3.22. The quantitative estimate of drug-likeness (QED) is 0.768. The molecule has 3 rings (SSSR count). The van der Waals surface area contributed by atoms with Crippen LogP contribution in [0.2, 0.25) is 0 Å². The molecule has 102 valence electrons. The van der Waals surface area contributed by atoms with Gasteiger partial charge in [0.15, 0.2) is 0 Å². The highest BCUT2D eigenvalue weighted by Crippen LogP contribution is 2.27. The van der Waals surface area contributed by atoms with Gasteiger partial charge in [-0.3, -0.25) is 4.57 Å². The number of imidazole rings is 1. The van der Waals surface area contributed by atoms with E-state index in [0.717, 1.165) is 12.1 Å². The first-order valence-corrected chi connectivity index (χ1v) is 7.11. The maximum atomic E-state index is 13.7. The first-order chi connectivity index (χ1) is 9.60.